The maximum atomic E-state index is 12.1. The predicted octanol–water partition coefficient (Wildman–Crippen LogP) is 4.14. The van der Waals surface area contributed by atoms with Crippen molar-refractivity contribution < 1.29 is 9.90 Å². The first-order valence-corrected chi connectivity index (χ1v) is 7.75. The number of nitrogens with one attached hydrogen (secondary N) is 1. The second-order valence-corrected chi connectivity index (χ2v) is 5.75. The topological polar surface area (TPSA) is 49.3 Å². The van der Waals surface area contributed by atoms with E-state index in [4.69, 9.17) is 0 Å². The smallest absolute Gasteiger partial charge is 0.259 e. The van der Waals surface area contributed by atoms with E-state index in [0.717, 1.165) is 14.5 Å². The van der Waals surface area contributed by atoms with Crippen LogP contribution in [0.3, 0.4) is 0 Å². The van der Waals surface area contributed by atoms with E-state index in [0.29, 0.717) is 5.69 Å². The molecule has 1 amide bonds. The zero-order valence-corrected chi connectivity index (χ0v) is 13.6. The van der Waals surface area contributed by atoms with Crippen LogP contribution in [0.25, 0.3) is 0 Å². The number of halogens is 2. The van der Waals surface area contributed by atoms with Crippen molar-refractivity contribution in [2.75, 3.05) is 5.32 Å². The lowest BCUT2D eigenvalue weighted by molar-refractivity contribution is 0.102. The zero-order chi connectivity index (χ0) is 13.8. The first kappa shape index (κ1) is 14.3. The van der Waals surface area contributed by atoms with Crippen molar-refractivity contribution in [2.24, 2.45) is 0 Å². The third-order valence-corrected chi connectivity index (χ3v) is 3.89. The largest absolute Gasteiger partial charge is 0.507 e. The van der Waals surface area contributed by atoms with Gasteiger partial charge >= 0.3 is 0 Å². The fraction of sp³-hybridized carbons (Fsp3) is 0.0714. The highest BCUT2D eigenvalue weighted by molar-refractivity contribution is 14.1. The molecule has 0 aliphatic carbocycles. The Labute approximate surface area is 133 Å². The Morgan fingerprint density at radius 2 is 1.89 bits per heavy atom. The van der Waals surface area contributed by atoms with Crippen LogP contribution in [0.4, 0.5) is 5.69 Å². The molecule has 3 nitrogen and oxygen atoms in total. The summed E-state index contributed by atoms with van der Waals surface area (Å²) in [6.07, 6.45) is 0. The number of amides is 1. The van der Waals surface area contributed by atoms with Gasteiger partial charge in [-0.25, -0.2) is 0 Å². The third-order valence-electron chi connectivity index (χ3n) is 2.57. The number of hydrogen-bond donors (Lipinski definition) is 2. The molecule has 0 aromatic heterocycles. The number of hydrogen-bond acceptors (Lipinski definition) is 2. The van der Waals surface area contributed by atoms with Crippen LogP contribution in [-0.4, -0.2) is 11.0 Å². The summed E-state index contributed by atoms with van der Waals surface area (Å²) in [5.41, 5.74) is 2.11. The molecule has 0 spiro atoms. The maximum Gasteiger partial charge on any atom is 0.259 e. The average Bonchev–Trinajstić information content (AvgIpc) is 2.42. The van der Waals surface area contributed by atoms with Gasteiger partial charge in [0, 0.05) is 14.6 Å². The van der Waals surface area contributed by atoms with E-state index >= 15 is 0 Å². The van der Waals surface area contributed by atoms with E-state index in [1.165, 1.54) is 6.07 Å². The quantitative estimate of drug-likeness (QED) is 0.566. The molecule has 0 saturated carbocycles. The summed E-state index contributed by atoms with van der Waals surface area (Å²) >= 11 is 5.47. The number of phenols is 1. The van der Waals surface area contributed by atoms with Gasteiger partial charge < -0.3 is 10.4 Å². The average molecular weight is 432 g/mol. The molecule has 98 valence electrons. The van der Waals surface area contributed by atoms with Gasteiger partial charge in [-0.05, 0) is 58.5 Å². The summed E-state index contributed by atoms with van der Waals surface area (Å²) in [6.45, 7) is 0. The van der Waals surface area contributed by atoms with Crippen LogP contribution in [0.1, 0.15) is 15.9 Å². The normalized spacial score (nSPS) is 10.2. The minimum absolute atomic E-state index is 0.0185. The Balaban J connectivity index is 2.18. The highest BCUT2D eigenvalue weighted by Gasteiger charge is 2.11. The summed E-state index contributed by atoms with van der Waals surface area (Å²) in [4.78, 5) is 12.1. The summed E-state index contributed by atoms with van der Waals surface area (Å²) in [5, 5.41) is 13.2. The summed E-state index contributed by atoms with van der Waals surface area (Å²) in [5.74, 6) is -0.336. The van der Waals surface area contributed by atoms with Crippen LogP contribution < -0.4 is 5.32 Å². The highest BCUT2D eigenvalue weighted by atomic mass is 127. The molecule has 0 unspecified atom stereocenters. The van der Waals surface area contributed by atoms with Crippen LogP contribution >= 0.6 is 38.5 Å². The SMILES string of the molecule is O=C(Nc1ccc(CBr)cc1)c1cc(I)ccc1O. The minimum Gasteiger partial charge on any atom is -0.507 e. The second-order valence-electron chi connectivity index (χ2n) is 3.95. The summed E-state index contributed by atoms with van der Waals surface area (Å²) in [7, 11) is 0. The van der Waals surface area contributed by atoms with Crippen molar-refractivity contribution in [3.8, 4) is 5.75 Å². The molecule has 0 aliphatic rings. The van der Waals surface area contributed by atoms with Gasteiger partial charge in [0.1, 0.15) is 5.75 Å². The molecule has 2 aromatic rings. The number of aromatic hydroxyl groups is 1. The highest BCUT2D eigenvalue weighted by Crippen LogP contribution is 2.21. The molecule has 19 heavy (non-hydrogen) atoms. The van der Waals surface area contributed by atoms with E-state index in [9.17, 15) is 9.90 Å². The van der Waals surface area contributed by atoms with Crippen molar-refractivity contribution in [3.05, 3.63) is 57.2 Å². The molecule has 5 heteroatoms. The van der Waals surface area contributed by atoms with Gasteiger partial charge in [-0.3, -0.25) is 4.79 Å². The fourth-order valence-corrected chi connectivity index (χ4v) is 2.43. The predicted molar refractivity (Wildman–Crippen MR) is 87.9 cm³/mol. The van der Waals surface area contributed by atoms with E-state index < -0.39 is 0 Å². The maximum absolute atomic E-state index is 12.1. The number of rotatable bonds is 3. The lowest BCUT2D eigenvalue weighted by Crippen LogP contribution is -2.12. The van der Waals surface area contributed by atoms with Crippen molar-refractivity contribution in [3.63, 3.8) is 0 Å². The molecule has 0 atom stereocenters. The fourth-order valence-electron chi connectivity index (χ4n) is 1.57. The van der Waals surface area contributed by atoms with Crippen LogP contribution in [0, 0.1) is 3.57 Å². The molecule has 0 aliphatic heterocycles. The summed E-state index contributed by atoms with van der Waals surface area (Å²) < 4.78 is 0.898. The zero-order valence-electron chi connectivity index (χ0n) is 9.86. The first-order valence-electron chi connectivity index (χ1n) is 5.55. The van der Waals surface area contributed by atoms with Gasteiger partial charge in [-0.1, -0.05) is 28.1 Å². The summed E-state index contributed by atoms with van der Waals surface area (Å²) in [6, 6.07) is 12.4. The molecule has 0 fully saturated rings. The standard InChI is InChI=1S/C14H11BrINO2/c15-8-9-1-4-11(5-2-9)17-14(19)12-7-10(16)3-6-13(12)18/h1-7,18H,8H2,(H,17,19). The van der Waals surface area contributed by atoms with E-state index in [-0.39, 0.29) is 17.2 Å². The van der Waals surface area contributed by atoms with Crippen molar-refractivity contribution >= 4 is 50.1 Å². The number of carbonyl (C=O) groups is 1. The van der Waals surface area contributed by atoms with Gasteiger partial charge in [0.25, 0.3) is 5.91 Å². The molecule has 2 rings (SSSR count). The van der Waals surface area contributed by atoms with Gasteiger partial charge in [-0.2, -0.15) is 0 Å². The lowest BCUT2D eigenvalue weighted by Gasteiger charge is -2.07. The minimum atomic E-state index is -0.317. The molecule has 0 saturated heterocycles. The molecule has 2 N–H and O–H groups in total. The Bertz CT molecular complexity index is 599. The van der Waals surface area contributed by atoms with Crippen LogP contribution in [0.15, 0.2) is 42.5 Å². The van der Waals surface area contributed by atoms with Gasteiger partial charge in [-0.15, -0.1) is 0 Å². The third kappa shape index (κ3) is 3.70. The van der Waals surface area contributed by atoms with Gasteiger partial charge in [0.2, 0.25) is 0 Å². The van der Waals surface area contributed by atoms with Crippen LogP contribution in [-0.2, 0) is 5.33 Å². The Morgan fingerprint density at radius 3 is 2.53 bits per heavy atom. The lowest BCUT2D eigenvalue weighted by atomic mass is 10.1. The molecule has 0 heterocycles. The molecule has 0 radical (unpaired) electrons. The Morgan fingerprint density at radius 1 is 1.21 bits per heavy atom. The Hall–Kier alpha value is -1.08. The first-order chi connectivity index (χ1) is 9.10. The number of benzene rings is 2. The monoisotopic (exact) mass is 431 g/mol. The van der Waals surface area contributed by atoms with Crippen molar-refractivity contribution in [2.45, 2.75) is 5.33 Å². The molecule has 2 aromatic carbocycles. The van der Waals surface area contributed by atoms with Crippen LogP contribution in [0.2, 0.25) is 0 Å². The number of anilines is 1. The number of alkyl halides is 1. The van der Waals surface area contributed by atoms with Gasteiger partial charge in [0.15, 0.2) is 0 Å². The number of carbonyl (C=O) groups excluding carboxylic acids is 1. The van der Waals surface area contributed by atoms with E-state index in [1.807, 2.05) is 24.3 Å². The molecule has 0 bridgehead atoms. The van der Waals surface area contributed by atoms with E-state index in [2.05, 4.69) is 43.8 Å². The molecular weight excluding hydrogens is 421 g/mol. The molecular formula is C14H11BrINO2. The van der Waals surface area contributed by atoms with Crippen molar-refractivity contribution in [1.82, 2.24) is 0 Å². The van der Waals surface area contributed by atoms with E-state index in [1.54, 1.807) is 12.1 Å². The number of phenolic OH excluding ortho intramolecular Hbond substituents is 1. The second kappa shape index (κ2) is 6.38. The Kier molecular flexibility index (Phi) is 4.81. The van der Waals surface area contributed by atoms with Gasteiger partial charge in [0.05, 0.1) is 5.56 Å². The van der Waals surface area contributed by atoms with Crippen molar-refractivity contribution in [1.29, 1.82) is 0 Å². The van der Waals surface area contributed by atoms with Crippen LogP contribution in [0.5, 0.6) is 5.75 Å².